The molecule has 2 saturated heterocycles. The van der Waals surface area contributed by atoms with Gasteiger partial charge in [-0.25, -0.2) is 0 Å². The molecule has 1 N–H and O–H groups in total. The van der Waals surface area contributed by atoms with Crippen molar-refractivity contribution in [2.75, 3.05) is 24.6 Å². The molecule has 48 valence electrons. The highest BCUT2D eigenvalue weighted by Crippen LogP contribution is 2.65. The van der Waals surface area contributed by atoms with Crippen molar-refractivity contribution in [3.63, 3.8) is 0 Å². The lowest BCUT2D eigenvalue weighted by atomic mass is 10.6. The predicted octanol–water partition coefficient (Wildman–Crippen LogP) is 0.186. The Morgan fingerprint density at radius 3 is 2.12 bits per heavy atom. The van der Waals surface area contributed by atoms with Crippen molar-refractivity contribution in [2.45, 2.75) is 0 Å². The Morgan fingerprint density at radius 2 is 1.75 bits per heavy atom. The van der Waals surface area contributed by atoms with Gasteiger partial charge in [0.1, 0.15) is 0 Å². The zero-order valence-electron chi connectivity index (χ0n) is 4.55. The van der Waals surface area contributed by atoms with Crippen molar-refractivity contribution in [1.82, 2.24) is 5.32 Å². The molecule has 2 aliphatic heterocycles. The molecule has 1 spiro atoms. The predicted molar refractivity (Wildman–Crippen MR) is 32.4 cm³/mol. The van der Waals surface area contributed by atoms with Crippen LogP contribution in [0, 0.1) is 0 Å². The maximum Gasteiger partial charge on any atom is 0.0564 e. The molecule has 0 saturated carbocycles. The van der Waals surface area contributed by atoms with Crippen LogP contribution in [-0.2, 0) is 8.67 Å². The molecule has 0 unspecified atom stereocenters. The summed E-state index contributed by atoms with van der Waals surface area (Å²) in [5.41, 5.74) is 0. The third kappa shape index (κ3) is 0.735. The first-order chi connectivity index (χ1) is 3.91. The SMILES string of the molecule is C1CS2(CCN1)OO2. The molecule has 2 aliphatic rings. The molecule has 3 nitrogen and oxygen atoms in total. The lowest BCUT2D eigenvalue weighted by Crippen LogP contribution is -2.29. The molecular weight excluding hydrogens is 126 g/mol. The number of hydrogen-bond acceptors (Lipinski definition) is 3. The summed E-state index contributed by atoms with van der Waals surface area (Å²) in [6.45, 7) is 2.13. The van der Waals surface area contributed by atoms with Crippen molar-refractivity contribution in [3.8, 4) is 0 Å². The lowest BCUT2D eigenvalue weighted by molar-refractivity contribution is 0.0850. The molecule has 2 heterocycles. The smallest absolute Gasteiger partial charge is 0.0564 e. The van der Waals surface area contributed by atoms with Crippen molar-refractivity contribution >= 4 is 10.6 Å². The van der Waals surface area contributed by atoms with Gasteiger partial charge in [0.2, 0.25) is 0 Å². The quantitative estimate of drug-likeness (QED) is 0.380. The second-order valence-electron chi connectivity index (χ2n) is 2.04. The molecule has 0 aliphatic carbocycles. The summed E-state index contributed by atoms with van der Waals surface area (Å²) in [4.78, 5) is 0. The molecule has 0 atom stereocenters. The van der Waals surface area contributed by atoms with Crippen LogP contribution in [0.1, 0.15) is 0 Å². The van der Waals surface area contributed by atoms with E-state index in [-0.39, 0.29) is 0 Å². The Morgan fingerprint density at radius 1 is 1.12 bits per heavy atom. The summed E-state index contributed by atoms with van der Waals surface area (Å²) in [6.07, 6.45) is 0. The Balaban J connectivity index is 1.95. The van der Waals surface area contributed by atoms with E-state index in [2.05, 4.69) is 5.32 Å². The van der Waals surface area contributed by atoms with Crippen LogP contribution in [0.3, 0.4) is 0 Å². The molecule has 0 radical (unpaired) electrons. The fraction of sp³-hybridized carbons (Fsp3) is 1.00. The van der Waals surface area contributed by atoms with Crippen molar-refractivity contribution < 1.29 is 8.67 Å². The molecule has 0 aromatic rings. The highest BCUT2D eigenvalue weighted by atomic mass is 32.3. The van der Waals surface area contributed by atoms with Crippen LogP contribution in [0.4, 0.5) is 0 Å². The van der Waals surface area contributed by atoms with Gasteiger partial charge in [-0.2, -0.15) is 0 Å². The van der Waals surface area contributed by atoms with Gasteiger partial charge in [-0.15, -0.1) is 19.3 Å². The van der Waals surface area contributed by atoms with Crippen LogP contribution in [0.15, 0.2) is 0 Å². The topological polar surface area (TPSA) is 37.1 Å². The first-order valence-corrected chi connectivity index (χ1v) is 4.61. The summed E-state index contributed by atoms with van der Waals surface area (Å²) in [5, 5.41) is 3.24. The molecular formula is C4H9NO2S. The van der Waals surface area contributed by atoms with Gasteiger partial charge in [0.15, 0.2) is 0 Å². The van der Waals surface area contributed by atoms with E-state index in [0.717, 1.165) is 24.6 Å². The van der Waals surface area contributed by atoms with E-state index < -0.39 is 10.6 Å². The molecule has 0 bridgehead atoms. The third-order valence-electron chi connectivity index (χ3n) is 1.44. The molecule has 0 aromatic carbocycles. The maximum atomic E-state index is 4.88. The largest absolute Gasteiger partial charge is 0.314 e. The Kier molecular flexibility index (Phi) is 1.01. The standard InChI is InChI=1S/C4H9NO2S/c1-3-8(6-7-8)4-2-5-1/h5H,1-4H2. The number of hydrogen-bond donors (Lipinski definition) is 1. The summed E-state index contributed by atoms with van der Waals surface area (Å²) in [7, 11) is -0.895. The first kappa shape index (κ1) is 5.05. The van der Waals surface area contributed by atoms with Gasteiger partial charge < -0.3 is 5.32 Å². The summed E-state index contributed by atoms with van der Waals surface area (Å²) in [6, 6.07) is 0. The van der Waals surface area contributed by atoms with Crippen LogP contribution in [0.25, 0.3) is 0 Å². The van der Waals surface area contributed by atoms with Gasteiger partial charge in [-0.1, -0.05) is 0 Å². The second-order valence-corrected chi connectivity index (χ2v) is 4.61. The van der Waals surface area contributed by atoms with E-state index in [4.69, 9.17) is 8.67 Å². The van der Waals surface area contributed by atoms with Gasteiger partial charge in [-0.3, -0.25) is 0 Å². The minimum absolute atomic E-state index is 0.895. The van der Waals surface area contributed by atoms with Gasteiger partial charge in [0, 0.05) is 13.1 Å². The van der Waals surface area contributed by atoms with E-state index in [0.29, 0.717) is 0 Å². The maximum absolute atomic E-state index is 4.88. The van der Waals surface area contributed by atoms with Crippen LogP contribution in [-0.4, -0.2) is 24.6 Å². The van der Waals surface area contributed by atoms with E-state index in [1.54, 1.807) is 0 Å². The summed E-state index contributed by atoms with van der Waals surface area (Å²) >= 11 is 0. The normalized spacial score (nSPS) is 37.0. The second kappa shape index (κ2) is 1.60. The molecule has 0 aromatic heterocycles. The average molecular weight is 135 g/mol. The molecule has 2 rings (SSSR count). The van der Waals surface area contributed by atoms with Crippen molar-refractivity contribution in [3.05, 3.63) is 0 Å². The molecule has 2 fully saturated rings. The van der Waals surface area contributed by atoms with Crippen LogP contribution in [0.5, 0.6) is 0 Å². The molecule has 8 heavy (non-hydrogen) atoms. The molecule has 0 amide bonds. The zero-order valence-corrected chi connectivity index (χ0v) is 5.37. The van der Waals surface area contributed by atoms with E-state index in [1.165, 1.54) is 0 Å². The minimum atomic E-state index is -0.895. The van der Waals surface area contributed by atoms with Crippen LogP contribution >= 0.6 is 10.6 Å². The van der Waals surface area contributed by atoms with Crippen molar-refractivity contribution in [2.24, 2.45) is 0 Å². The Hall–Kier alpha value is 0.230. The lowest BCUT2D eigenvalue weighted by Gasteiger charge is -2.20. The average Bonchev–Trinajstić information content (AvgIpc) is 2.52. The first-order valence-electron chi connectivity index (χ1n) is 2.78. The van der Waals surface area contributed by atoms with Gasteiger partial charge in [0.05, 0.1) is 11.5 Å². The fourth-order valence-electron chi connectivity index (χ4n) is 0.858. The van der Waals surface area contributed by atoms with Crippen molar-refractivity contribution in [1.29, 1.82) is 0 Å². The van der Waals surface area contributed by atoms with Crippen LogP contribution < -0.4 is 5.32 Å². The van der Waals surface area contributed by atoms with E-state index in [1.807, 2.05) is 0 Å². The zero-order chi connectivity index (χ0) is 5.45. The van der Waals surface area contributed by atoms with Gasteiger partial charge >= 0.3 is 0 Å². The summed E-state index contributed by atoms with van der Waals surface area (Å²) < 4.78 is 9.76. The Labute approximate surface area is 50.0 Å². The number of nitrogens with one attached hydrogen (secondary N) is 1. The van der Waals surface area contributed by atoms with Gasteiger partial charge in [0.25, 0.3) is 0 Å². The summed E-state index contributed by atoms with van der Waals surface area (Å²) in [5.74, 6) is 2.18. The van der Waals surface area contributed by atoms with Gasteiger partial charge in [-0.05, 0) is 0 Å². The highest BCUT2D eigenvalue weighted by molar-refractivity contribution is 8.29. The van der Waals surface area contributed by atoms with E-state index >= 15 is 0 Å². The fourth-order valence-corrected chi connectivity index (χ4v) is 2.56. The minimum Gasteiger partial charge on any atom is -0.314 e. The highest BCUT2D eigenvalue weighted by Gasteiger charge is 2.39. The van der Waals surface area contributed by atoms with E-state index in [9.17, 15) is 0 Å². The Bertz CT molecular complexity index is 96.2. The molecule has 4 heteroatoms. The van der Waals surface area contributed by atoms with Crippen LogP contribution in [0.2, 0.25) is 0 Å². The third-order valence-corrected chi connectivity index (χ3v) is 3.61. The number of rotatable bonds is 0. The monoisotopic (exact) mass is 135 g/mol.